The molecular formula is C21H23N3O4S. The molecule has 1 aliphatic heterocycles. The van der Waals surface area contributed by atoms with E-state index in [-0.39, 0.29) is 17.4 Å². The predicted octanol–water partition coefficient (Wildman–Crippen LogP) is 3.44. The number of fused-ring (bicyclic) bond motifs is 1. The molecule has 1 N–H and O–H groups in total. The summed E-state index contributed by atoms with van der Waals surface area (Å²) < 4.78 is 11.0. The van der Waals surface area contributed by atoms with Gasteiger partial charge in [-0.15, -0.1) is 11.3 Å². The second kappa shape index (κ2) is 8.24. The molecular weight excluding hydrogens is 390 g/mol. The third-order valence-corrected chi connectivity index (χ3v) is 6.12. The number of nitrogens with zero attached hydrogens (tertiary/aromatic N) is 2. The standard InChI is InChI=1S/C21H23N3O4S/c1-3-28-20(26)14-5-4-10-24(11-14)21-22-17-16(12-29-18(17)19(25)23-21)13-6-8-15(27-2)9-7-13/h6-9,12,14H,3-5,10-11H2,1-2H3,(H,22,23,25). The van der Waals surface area contributed by atoms with Gasteiger partial charge in [-0.25, -0.2) is 4.98 Å². The van der Waals surface area contributed by atoms with Gasteiger partial charge < -0.3 is 14.4 Å². The minimum absolute atomic E-state index is 0.159. The van der Waals surface area contributed by atoms with Crippen LogP contribution in [0.4, 0.5) is 5.95 Å². The topological polar surface area (TPSA) is 84.5 Å². The van der Waals surface area contributed by atoms with E-state index in [0.717, 1.165) is 36.3 Å². The maximum Gasteiger partial charge on any atom is 0.310 e. The largest absolute Gasteiger partial charge is 0.497 e. The number of carbonyl (C=O) groups excluding carboxylic acids is 1. The van der Waals surface area contributed by atoms with Gasteiger partial charge in [0.2, 0.25) is 5.95 Å². The van der Waals surface area contributed by atoms with Gasteiger partial charge in [0.15, 0.2) is 0 Å². The minimum atomic E-state index is -0.201. The number of aromatic nitrogens is 2. The molecule has 29 heavy (non-hydrogen) atoms. The van der Waals surface area contributed by atoms with Crippen LogP contribution in [0.1, 0.15) is 19.8 Å². The van der Waals surface area contributed by atoms with Crippen molar-refractivity contribution in [3.05, 3.63) is 40.0 Å². The minimum Gasteiger partial charge on any atom is -0.497 e. The summed E-state index contributed by atoms with van der Waals surface area (Å²) in [7, 11) is 1.63. The number of benzene rings is 1. The van der Waals surface area contributed by atoms with Crippen LogP contribution in [-0.4, -0.2) is 42.7 Å². The number of hydrogen-bond donors (Lipinski definition) is 1. The molecule has 3 aromatic rings. The zero-order valence-corrected chi connectivity index (χ0v) is 17.3. The molecule has 4 rings (SSSR count). The van der Waals surface area contributed by atoms with Crippen LogP contribution in [0.2, 0.25) is 0 Å². The number of methoxy groups -OCH3 is 1. The van der Waals surface area contributed by atoms with Gasteiger partial charge in [0.05, 0.1) is 25.2 Å². The number of H-pyrrole nitrogens is 1. The summed E-state index contributed by atoms with van der Waals surface area (Å²) >= 11 is 1.38. The third-order valence-electron chi connectivity index (χ3n) is 5.16. The summed E-state index contributed by atoms with van der Waals surface area (Å²) in [5, 5.41) is 1.95. The number of piperidine rings is 1. The molecule has 1 aliphatic rings. The molecule has 3 heterocycles. The van der Waals surface area contributed by atoms with Crippen molar-refractivity contribution >= 4 is 33.5 Å². The Morgan fingerprint density at radius 3 is 2.86 bits per heavy atom. The van der Waals surface area contributed by atoms with E-state index < -0.39 is 0 Å². The Morgan fingerprint density at radius 1 is 1.34 bits per heavy atom. The quantitative estimate of drug-likeness (QED) is 0.645. The molecule has 152 valence electrons. The lowest BCUT2D eigenvalue weighted by atomic mass is 9.98. The summed E-state index contributed by atoms with van der Waals surface area (Å²) in [6, 6.07) is 7.70. The highest BCUT2D eigenvalue weighted by molar-refractivity contribution is 7.17. The summed E-state index contributed by atoms with van der Waals surface area (Å²) in [5.74, 6) is 0.895. The van der Waals surface area contributed by atoms with E-state index in [2.05, 4.69) is 4.98 Å². The summed E-state index contributed by atoms with van der Waals surface area (Å²) in [6.45, 7) is 3.42. The molecule has 7 nitrogen and oxygen atoms in total. The van der Waals surface area contributed by atoms with E-state index in [1.54, 1.807) is 7.11 Å². The van der Waals surface area contributed by atoms with Crippen molar-refractivity contribution in [2.45, 2.75) is 19.8 Å². The normalized spacial score (nSPS) is 16.8. The number of hydrogen-bond acceptors (Lipinski definition) is 7. The second-order valence-corrected chi connectivity index (χ2v) is 7.86. The van der Waals surface area contributed by atoms with Gasteiger partial charge in [0.1, 0.15) is 10.4 Å². The van der Waals surface area contributed by atoms with Crippen LogP contribution >= 0.6 is 11.3 Å². The zero-order valence-electron chi connectivity index (χ0n) is 16.4. The highest BCUT2D eigenvalue weighted by Crippen LogP contribution is 2.33. The number of carbonyl (C=O) groups is 1. The lowest BCUT2D eigenvalue weighted by Gasteiger charge is -2.31. The van der Waals surface area contributed by atoms with Crippen LogP contribution in [0.25, 0.3) is 21.3 Å². The van der Waals surface area contributed by atoms with Crippen molar-refractivity contribution < 1.29 is 14.3 Å². The number of esters is 1. The molecule has 1 saturated heterocycles. The van der Waals surface area contributed by atoms with E-state index in [1.807, 2.05) is 41.5 Å². The van der Waals surface area contributed by atoms with Gasteiger partial charge in [-0.2, -0.15) is 0 Å². The predicted molar refractivity (Wildman–Crippen MR) is 114 cm³/mol. The van der Waals surface area contributed by atoms with Crippen LogP contribution in [0.5, 0.6) is 5.75 Å². The Morgan fingerprint density at radius 2 is 2.14 bits per heavy atom. The average Bonchev–Trinajstić information content (AvgIpc) is 3.19. The maximum absolute atomic E-state index is 12.7. The first-order valence-electron chi connectivity index (χ1n) is 9.68. The molecule has 8 heteroatoms. The maximum atomic E-state index is 12.7. The first-order chi connectivity index (χ1) is 14.1. The number of ether oxygens (including phenoxy) is 2. The van der Waals surface area contributed by atoms with E-state index in [0.29, 0.717) is 29.3 Å². The van der Waals surface area contributed by atoms with E-state index in [1.165, 1.54) is 11.3 Å². The number of aromatic amines is 1. The first kappa shape index (κ1) is 19.4. The molecule has 1 aromatic carbocycles. The van der Waals surface area contributed by atoms with Crippen molar-refractivity contribution in [2.24, 2.45) is 5.92 Å². The van der Waals surface area contributed by atoms with E-state index in [4.69, 9.17) is 14.5 Å². The van der Waals surface area contributed by atoms with E-state index >= 15 is 0 Å². The molecule has 0 amide bonds. The molecule has 1 fully saturated rings. The molecule has 0 spiro atoms. The number of anilines is 1. The van der Waals surface area contributed by atoms with Crippen LogP contribution in [0.3, 0.4) is 0 Å². The van der Waals surface area contributed by atoms with Crippen molar-refractivity contribution in [1.29, 1.82) is 0 Å². The van der Waals surface area contributed by atoms with Crippen LogP contribution < -0.4 is 15.2 Å². The molecule has 2 aromatic heterocycles. The Hall–Kier alpha value is -2.87. The van der Waals surface area contributed by atoms with Gasteiger partial charge >= 0.3 is 5.97 Å². The highest BCUT2D eigenvalue weighted by Gasteiger charge is 2.28. The van der Waals surface area contributed by atoms with Gasteiger partial charge in [0.25, 0.3) is 5.56 Å². The lowest BCUT2D eigenvalue weighted by molar-refractivity contribution is -0.148. The molecule has 1 unspecified atom stereocenters. The van der Waals surface area contributed by atoms with Gasteiger partial charge in [0, 0.05) is 24.0 Å². The Balaban J connectivity index is 1.69. The third kappa shape index (κ3) is 3.85. The van der Waals surface area contributed by atoms with Gasteiger partial charge in [-0.3, -0.25) is 14.6 Å². The van der Waals surface area contributed by atoms with Crippen LogP contribution in [0, 0.1) is 5.92 Å². The lowest BCUT2D eigenvalue weighted by Crippen LogP contribution is -2.40. The van der Waals surface area contributed by atoms with Gasteiger partial charge in [-0.1, -0.05) is 12.1 Å². The molecule has 0 radical (unpaired) electrons. The van der Waals surface area contributed by atoms with Crippen molar-refractivity contribution in [2.75, 3.05) is 31.7 Å². The zero-order chi connectivity index (χ0) is 20.4. The van der Waals surface area contributed by atoms with Crippen molar-refractivity contribution in [1.82, 2.24) is 9.97 Å². The Labute approximate surface area is 172 Å². The first-order valence-corrected chi connectivity index (χ1v) is 10.6. The monoisotopic (exact) mass is 413 g/mol. The number of rotatable bonds is 5. The average molecular weight is 413 g/mol. The molecule has 1 atom stereocenters. The molecule has 0 aliphatic carbocycles. The molecule has 0 saturated carbocycles. The SMILES string of the molecule is CCOC(=O)C1CCCN(c2nc3c(-c4ccc(OC)cc4)csc3c(=O)[nH]2)C1. The fraction of sp³-hybridized carbons (Fsp3) is 0.381. The summed E-state index contributed by atoms with van der Waals surface area (Å²) in [4.78, 5) is 34.5. The van der Waals surface area contributed by atoms with Crippen molar-refractivity contribution in [3.8, 4) is 16.9 Å². The summed E-state index contributed by atoms with van der Waals surface area (Å²) in [5.41, 5.74) is 2.41. The number of nitrogens with one attached hydrogen (secondary N) is 1. The highest BCUT2D eigenvalue weighted by atomic mass is 32.1. The van der Waals surface area contributed by atoms with Crippen LogP contribution in [-0.2, 0) is 9.53 Å². The number of thiophene rings is 1. The van der Waals surface area contributed by atoms with E-state index in [9.17, 15) is 9.59 Å². The van der Waals surface area contributed by atoms with Crippen molar-refractivity contribution in [3.63, 3.8) is 0 Å². The smallest absolute Gasteiger partial charge is 0.310 e. The fourth-order valence-corrected chi connectivity index (χ4v) is 4.57. The van der Waals surface area contributed by atoms with Crippen LogP contribution in [0.15, 0.2) is 34.4 Å². The fourth-order valence-electron chi connectivity index (χ4n) is 3.66. The van der Waals surface area contributed by atoms with Gasteiger partial charge in [-0.05, 0) is 37.5 Å². The Bertz CT molecular complexity index is 1070. The molecule has 0 bridgehead atoms. The Kier molecular flexibility index (Phi) is 5.53. The summed E-state index contributed by atoms with van der Waals surface area (Å²) in [6.07, 6.45) is 1.64. The second-order valence-electron chi connectivity index (χ2n) is 6.98.